The van der Waals surface area contributed by atoms with Gasteiger partial charge in [0, 0.05) is 29.1 Å². The van der Waals surface area contributed by atoms with Gasteiger partial charge in [-0.1, -0.05) is 12.1 Å². The van der Waals surface area contributed by atoms with Gasteiger partial charge >= 0.3 is 0 Å². The van der Waals surface area contributed by atoms with E-state index in [-0.39, 0.29) is 11.2 Å². The van der Waals surface area contributed by atoms with Crippen LogP contribution in [-0.4, -0.2) is 32.9 Å². The Labute approximate surface area is 151 Å². The van der Waals surface area contributed by atoms with Crippen molar-refractivity contribution in [1.82, 2.24) is 14.6 Å². The van der Waals surface area contributed by atoms with Crippen molar-refractivity contribution in [1.29, 1.82) is 0 Å². The summed E-state index contributed by atoms with van der Waals surface area (Å²) in [5.41, 5.74) is 1.66. The molecule has 0 radical (unpaired) electrons. The monoisotopic (exact) mass is 363 g/mol. The van der Waals surface area contributed by atoms with Crippen LogP contribution in [0.3, 0.4) is 0 Å². The molecule has 0 amide bonds. The first-order valence-electron chi connectivity index (χ1n) is 7.93. The summed E-state index contributed by atoms with van der Waals surface area (Å²) in [5, 5.41) is 15.7. The maximum absolute atomic E-state index is 12.7. The smallest absolute Gasteiger partial charge is 0.298 e. The molecule has 0 spiro atoms. The van der Waals surface area contributed by atoms with Crippen molar-refractivity contribution in [2.24, 2.45) is 5.10 Å². The Morgan fingerprint density at radius 1 is 1.30 bits per heavy atom. The minimum absolute atomic E-state index is 0.0514. The molecule has 4 aromatic rings. The van der Waals surface area contributed by atoms with Crippen LogP contribution < -0.4 is 10.3 Å². The molecule has 0 fully saturated rings. The number of ether oxygens (including phenoxy) is 1. The number of fused-ring (bicyclic) bond motifs is 3. The minimum Gasteiger partial charge on any atom is -0.497 e. The minimum atomic E-state index is -0.490. The molecule has 0 aliphatic heterocycles. The van der Waals surface area contributed by atoms with Gasteiger partial charge in [0.1, 0.15) is 23.1 Å². The molecule has 0 atom stereocenters. The van der Waals surface area contributed by atoms with E-state index >= 15 is 0 Å². The van der Waals surface area contributed by atoms with Crippen molar-refractivity contribution in [2.45, 2.75) is 0 Å². The van der Waals surface area contributed by atoms with Crippen molar-refractivity contribution >= 4 is 33.8 Å². The number of nitrogens with one attached hydrogen (secondary N) is 1. The van der Waals surface area contributed by atoms with Gasteiger partial charge in [0.05, 0.1) is 23.8 Å². The topological polar surface area (TPSA) is 115 Å². The van der Waals surface area contributed by atoms with E-state index in [0.717, 1.165) is 15.6 Å². The van der Waals surface area contributed by atoms with E-state index in [0.29, 0.717) is 22.3 Å². The van der Waals surface area contributed by atoms with Gasteiger partial charge in [-0.25, -0.2) is 4.98 Å². The molecule has 9 heteroatoms. The highest BCUT2D eigenvalue weighted by Gasteiger charge is 2.11. The molecule has 0 aliphatic carbocycles. The third-order valence-corrected chi connectivity index (χ3v) is 4.11. The lowest BCUT2D eigenvalue weighted by atomic mass is 10.2. The Balaban J connectivity index is 1.77. The molecule has 0 bridgehead atoms. The molecule has 9 nitrogen and oxygen atoms in total. The summed E-state index contributed by atoms with van der Waals surface area (Å²) < 4.78 is 6.27. The van der Waals surface area contributed by atoms with E-state index in [4.69, 9.17) is 4.74 Å². The van der Waals surface area contributed by atoms with Crippen molar-refractivity contribution in [3.63, 3.8) is 0 Å². The lowest BCUT2D eigenvalue weighted by Gasteiger charge is -1.98. The van der Waals surface area contributed by atoms with Gasteiger partial charge < -0.3 is 9.72 Å². The SMILES string of the molecule is COc1ccc2c(c1)[nH]c1c(=O)n(/N=C/c3cccc([N+](=O)[O-])c3)cnc12. The number of methoxy groups -OCH3 is 1. The highest BCUT2D eigenvalue weighted by atomic mass is 16.6. The Bertz CT molecular complexity index is 1270. The summed E-state index contributed by atoms with van der Waals surface area (Å²) in [7, 11) is 1.57. The molecule has 0 saturated heterocycles. The number of hydrogen-bond donors (Lipinski definition) is 1. The molecule has 0 unspecified atom stereocenters. The summed E-state index contributed by atoms with van der Waals surface area (Å²) in [6.45, 7) is 0. The number of nitro groups is 1. The summed E-state index contributed by atoms with van der Waals surface area (Å²) in [6, 6.07) is 11.4. The van der Waals surface area contributed by atoms with Gasteiger partial charge in [0.25, 0.3) is 11.2 Å². The van der Waals surface area contributed by atoms with E-state index in [1.54, 1.807) is 31.4 Å². The Morgan fingerprint density at radius 3 is 2.93 bits per heavy atom. The maximum atomic E-state index is 12.7. The molecule has 2 aromatic heterocycles. The molecule has 2 aromatic carbocycles. The van der Waals surface area contributed by atoms with Crippen molar-refractivity contribution in [3.8, 4) is 5.75 Å². The number of benzene rings is 2. The number of aromatic nitrogens is 3. The summed E-state index contributed by atoms with van der Waals surface area (Å²) in [5.74, 6) is 0.665. The van der Waals surface area contributed by atoms with Gasteiger partial charge in [-0.05, 0) is 12.1 Å². The normalized spacial score (nSPS) is 11.4. The quantitative estimate of drug-likeness (QED) is 0.340. The standard InChI is InChI=1S/C18H13N5O4/c1-27-13-5-6-14-15(8-13)21-17-16(14)19-10-22(18(17)24)20-9-11-3-2-4-12(7-11)23(25)26/h2-10,21H,1H3/b20-9+. The van der Waals surface area contributed by atoms with Crippen molar-refractivity contribution in [3.05, 3.63) is 74.8 Å². The molecule has 27 heavy (non-hydrogen) atoms. The molecule has 134 valence electrons. The largest absolute Gasteiger partial charge is 0.497 e. The molecular formula is C18H13N5O4. The predicted octanol–water partition coefficient (Wildman–Crippen LogP) is 2.68. The average molecular weight is 363 g/mol. The number of nitro benzene ring substituents is 1. The summed E-state index contributed by atoms with van der Waals surface area (Å²) >= 11 is 0. The zero-order chi connectivity index (χ0) is 19.0. The Kier molecular flexibility index (Phi) is 3.88. The van der Waals surface area contributed by atoms with Crippen LogP contribution in [0.5, 0.6) is 5.75 Å². The van der Waals surface area contributed by atoms with Gasteiger partial charge in [-0.2, -0.15) is 9.78 Å². The average Bonchev–Trinajstić information content (AvgIpc) is 3.06. The fourth-order valence-corrected chi connectivity index (χ4v) is 2.79. The number of aromatic amines is 1. The van der Waals surface area contributed by atoms with E-state index in [1.165, 1.54) is 24.7 Å². The summed E-state index contributed by atoms with van der Waals surface area (Å²) in [6.07, 6.45) is 2.68. The van der Waals surface area contributed by atoms with Crippen LogP contribution in [0.15, 0.2) is 58.7 Å². The van der Waals surface area contributed by atoms with E-state index in [2.05, 4.69) is 15.1 Å². The number of nitrogens with zero attached hydrogens (tertiary/aromatic N) is 4. The lowest BCUT2D eigenvalue weighted by Crippen LogP contribution is -2.17. The fourth-order valence-electron chi connectivity index (χ4n) is 2.79. The van der Waals surface area contributed by atoms with Crippen LogP contribution in [0.2, 0.25) is 0 Å². The Hall–Kier alpha value is -4.01. The molecule has 2 heterocycles. The Morgan fingerprint density at radius 2 is 2.15 bits per heavy atom. The van der Waals surface area contributed by atoms with Crippen molar-refractivity contribution in [2.75, 3.05) is 7.11 Å². The van der Waals surface area contributed by atoms with Crippen LogP contribution in [-0.2, 0) is 0 Å². The number of H-pyrrole nitrogens is 1. The maximum Gasteiger partial charge on any atom is 0.298 e. The van der Waals surface area contributed by atoms with Crippen LogP contribution >= 0.6 is 0 Å². The first-order chi connectivity index (χ1) is 13.1. The second kappa shape index (κ2) is 6.37. The molecular weight excluding hydrogens is 350 g/mol. The first kappa shape index (κ1) is 16.5. The van der Waals surface area contributed by atoms with Crippen LogP contribution in [0.4, 0.5) is 5.69 Å². The third-order valence-electron chi connectivity index (χ3n) is 4.11. The molecule has 0 aliphatic rings. The number of hydrogen-bond acceptors (Lipinski definition) is 6. The van der Waals surface area contributed by atoms with Crippen molar-refractivity contribution < 1.29 is 9.66 Å². The van der Waals surface area contributed by atoms with E-state index in [1.807, 2.05) is 6.07 Å². The first-order valence-corrected chi connectivity index (χ1v) is 7.93. The van der Waals surface area contributed by atoms with Crippen LogP contribution in [0.25, 0.3) is 21.9 Å². The molecule has 1 N–H and O–H groups in total. The zero-order valence-electron chi connectivity index (χ0n) is 14.1. The fraction of sp³-hybridized carbons (Fsp3) is 0.0556. The molecule has 4 rings (SSSR count). The second-order valence-corrected chi connectivity index (χ2v) is 5.75. The predicted molar refractivity (Wildman–Crippen MR) is 101 cm³/mol. The molecule has 0 saturated carbocycles. The third kappa shape index (κ3) is 2.91. The van der Waals surface area contributed by atoms with Gasteiger partial charge in [-0.3, -0.25) is 14.9 Å². The van der Waals surface area contributed by atoms with Gasteiger partial charge in [0.15, 0.2) is 0 Å². The van der Waals surface area contributed by atoms with E-state index in [9.17, 15) is 14.9 Å². The highest BCUT2D eigenvalue weighted by molar-refractivity contribution is 6.04. The van der Waals surface area contributed by atoms with Crippen LogP contribution in [0.1, 0.15) is 5.56 Å². The number of non-ortho nitro benzene ring substituents is 1. The highest BCUT2D eigenvalue weighted by Crippen LogP contribution is 2.25. The van der Waals surface area contributed by atoms with E-state index < -0.39 is 4.92 Å². The van der Waals surface area contributed by atoms with Gasteiger partial charge in [0.2, 0.25) is 0 Å². The second-order valence-electron chi connectivity index (χ2n) is 5.75. The zero-order valence-corrected chi connectivity index (χ0v) is 14.1. The van der Waals surface area contributed by atoms with Gasteiger partial charge in [-0.15, -0.1) is 0 Å². The lowest BCUT2D eigenvalue weighted by molar-refractivity contribution is -0.384. The van der Waals surface area contributed by atoms with Crippen LogP contribution in [0, 0.1) is 10.1 Å². The summed E-state index contributed by atoms with van der Waals surface area (Å²) in [4.78, 5) is 30.4. The number of rotatable bonds is 4.